The molecule has 0 unspecified atom stereocenters. The van der Waals surface area contributed by atoms with Crippen molar-refractivity contribution in [3.63, 3.8) is 0 Å². The topological polar surface area (TPSA) is 0 Å². The number of rotatable bonds is 0. The molecule has 0 bridgehead atoms. The molecule has 1 fully saturated rings. The van der Waals surface area contributed by atoms with Crippen LogP contribution in [0.15, 0.2) is 42.5 Å². The van der Waals surface area contributed by atoms with Gasteiger partial charge < -0.3 is 0 Å². The Hall–Kier alpha value is -1.04. The fraction of sp³-hybridized carbons (Fsp3) is 0.429. The molecule has 0 saturated heterocycles. The van der Waals surface area contributed by atoms with Gasteiger partial charge in [-0.1, -0.05) is 54.5 Å². The second kappa shape index (κ2) is 6.42. The second-order valence-electron chi connectivity index (χ2n) is 3.97. The first-order valence-electron chi connectivity index (χ1n) is 5.47. The lowest BCUT2D eigenvalue weighted by atomic mass is 9.97. The van der Waals surface area contributed by atoms with E-state index in [1.54, 1.807) is 0 Å². The summed E-state index contributed by atoms with van der Waals surface area (Å²) in [7, 11) is 0. The molecule has 1 saturated carbocycles. The minimum atomic E-state index is 1.29. The maximum absolute atomic E-state index is 3.91. The van der Waals surface area contributed by atoms with Crippen molar-refractivity contribution in [3.8, 4) is 0 Å². The van der Waals surface area contributed by atoms with E-state index in [-0.39, 0.29) is 0 Å². The molecule has 0 aliphatic heterocycles. The molecular formula is C14H20. The van der Waals surface area contributed by atoms with Gasteiger partial charge in [-0.3, -0.25) is 0 Å². The smallest absolute Gasteiger partial charge is 0.0323 e. The minimum Gasteiger partial charge on any atom is -0.0999 e. The van der Waals surface area contributed by atoms with E-state index in [4.69, 9.17) is 0 Å². The lowest BCUT2D eigenvalue weighted by molar-refractivity contribution is 0.601. The van der Waals surface area contributed by atoms with Gasteiger partial charge in [0.15, 0.2) is 0 Å². The molecule has 0 radical (unpaired) electrons. The highest BCUT2D eigenvalue weighted by molar-refractivity contribution is 5.11. The van der Waals surface area contributed by atoms with E-state index in [0.29, 0.717) is 0 Å². The lowest BCUT2D eigenvalue weighted by Gasteiger charge is -2.10. The zero-order chi connectivity index (χ0) is 10.2. The van der Waals surface area contributed by atoms with Crippen LogP contribution in [0.1, 0.15) is 37.7 Å². The number of benzene rings is 1. The Morgan fingerprint density at radius 1 is 0.929 bits per heavy atom. The summed E-state index contributed by atoms with van der Waals surface area (Å²) in [6.45, 7) is 6.00. The number of allylic oxidation sites excluding steroid dienone is 1. The summed E-state index contributed by atoms with van der Waals surface area (Å²) in [5.74, 6) is 0. The van der Waals surface area contributed by atoms with Crippen molar-refractivity contribution >= 4 is 0 Å². The van der Waals surface area contributed by atoms with Crippen LogP contribution in [0.4, 0.5) is 0 Å². The van der Waals surface area contributed by atoms with Crippen molar-refractivity contribution in [1.82, 2.24) is 0 Å². The van der Waals surface area contributed by atoms with Gasteiger partial charge in [-0.05, 0) is 32.6 Å². The zero-order valence-electron chi connectivity index (χ0n) is 9.13. The first-order valence-corrected chi connectivity index (χ1v) is 5.47. The van der Waals surface area contributed by atoms with Crippen LogP contribution in [0.25, 0.3) is 0 Å². The summed E-state index contributed by atoms with van der Waals surface area (Å²) >= 11 is 0. The van der Waals surface area contributed by atoms with Gasteiger partial charge in [0.1, 0.15) is 0 Å². The van der Waals surface area contributed by atoms with E-state index in [1.807, 2.05) is 18.2 Å². The van der Waals surface area contributed by atoms with Crippen molar-refractivity contribution in [2.24, 2.45) is 0 Å². The van der Waals surface area contributed by atoms with E-state index in [1.165, 1.54) is 43.2 Å². The van der Waals surface area contributed by atoms with E-state index in [9.17, 15) is 0 Å². The SMILES string of the molecule is C=C1CCCCC1.Cc1ccccc1. The molecular weight excluding hydrogens is 168 g/mol. The average molecular weight is 188 g/mol. The van der Waals surface area contributed by atoms with Crippen LogP contribution in [0, 0.1) is 6.92 Å². The number of aryl methyl sites for hydroxylation is 1. The molecule has 1 aromatic rings. The molecule has 0 heteroatoms. The second-order valence-corrected chi connectivity index (χ2v) is 3.97. The summed E-state index contributed by atoms with van der Waals surface area (Å²) in [5.41, 5.74) is 2.79. The summed E-state index contributed by atoms with van der Waals surface area (Å²) in [6, 6.07) is 10.3. The van der Waals surface area contributed by atoms with Crippen molar-refractivity contribution < 1.29 is 0 Å². The molecule has 1 aliphatic carbocycles. The van der Waals surface area contributed by atoms with Crippen molar-refractivity contribution in [2.75, 3.05) is 0 Å². The van der Waals surface area contributed by atoms with E-state index < -0.39 is 0 Å². The van der Waals surface area contributed by atoms with E-state index in [2.05, 4.69) is 25.6 Å². The summed E-state index contributed by atoms with van der Waals surface area (Å²) in [5, 5.41) is 0. The quantitative estimate of drug-likeness (QED) is 0.526. The van der Waals surface area contributed by atoms with Crippen LogP contribution in [-0.2, 0) is 0 Å². The standard InChI is InChI=1S/C7H12.C7H8/c2*1-7-5-3-2-4-6-7/h1-6H2;2-6H,1H3. The third-order valence-corrected chi connectivity index (χ3v) is 2.50. The molecule has 0 amide bonds. The monoisotopic (exact) mass is 188 g/mol. The normalized spacial score (nSPS) is 15.6. The van der Waals surface area contributed by atoms with Gasteiger partial charge in [0.05, 0.1) is 0 Å². The Morgan fingerprint density at radius 3 is 1.79 bits per heavy atom. The predicted molar refractivity (Wildman–Crippen MR) is 63.4 cm³/mol. The van der Waals surface area contributed by atoms with E-state index >= 15 is 0 Å². The van der Waals surface area contributed by atoms with Gasteiger partial charge in [-0.2, -0.15) is 0 Å². The van der Waals surface area contributed by atoms with Crippen LogP contribution in [0.3, 0.4) is 0 Å². The average Bonchev–Trinajstić information content (AvgIpc) is 2.21. The van der Waals surface area contributed by atoms with Gasteiger partial charge in [-0.15, -0.1) is 0 Å². The molecule has 76 valence electrons. The maximum Gasteiger partial charge on any atom is -0.0323 e. The molecule has 0 aromatic heterocycles. The Kier molecular flexibility index (Phi) is 5.06. The molecule has 2 rings (SSSR count). The van der Waals surface area contributed by atoms with Crippen molar-refractivity contribution in [3.05, 3.63) is 48.0 Å². The highest BCUT2D eigenvalue weighted by Gasteiger charge is 2.00. The van der Waals surface area contributed by atoms with Crippen molar-refractivity contribution in [2.45, 2.75) is 39.0 Å². The van der Waals surface area contributed by atoms with Gasteiger partial charge in [0, 0.05) is 0 Å². The third kappa shape index (κ3) is 4.86. The summed E-state index contributed by atoms with van der Waals surface area (Å²) in [4.78, 5) is 0. The summed E-state index contributed by atoms with van der Waals surface area (Å²) < 4.78 is 0. The highest BCUT2D eigenvalue weighted by Crippen LogP contribution is 2.20. The number of hydrogen-bond donors (Lipinski definition) is 0. The molecule has 0 heterocycles. The van der Waals surface area contributed by atoms with Crippen LogP contribution >= 0.6 is 0 Å². The molecule has 0 spiro atoms. The predicted octanol–water partition coefficient (Wildman–Crippen LogP) is 4.50. The Balaban J connectivity index is 0.000000140. The van der Waals surface area contributed by atoms with E-state index in [0.717, 1.165) is 0 Å². The zero-order valence-corrected chi connectivity index (χ0v) is 9.13. The summed E-state index contributed by atoms with van der Waals surface area (Å²) in [6.07, 6.45) is 6.79. The molecule has 0 atom stereocenters. The van der Waals surface area contributed by atoms with Gasteiger partial charge in [0.2, 0.25) is 0 Å². The first-order chi connectivity index (χ1) is 6.79. The molecule has 0 N–H and O–H groups in total. The van der Waals surface area contributed by atoms with Gasteiger partial charge in [-0.25, -0.2) is 0 Å². The van der Waals surface area contributed by atoms with Gasteiger partial charge >= 0.3 is 0 Å². The number of hydrogen-bond acceptors (Lipinski definition) is 0. The largest absolute Gasteiger partial charge is 0.0999 e. The fourth-order valence-electron chi connectivity index (χ4n) is 1.59. The van der Waals surface area contributed by atoms with Gasteiger partial charge in [0.25, 0.3) is 0 Å². The Bertz CT molecular complexity index is 251. The minimum absolute atomic E-state index is 1.29. The first kappa shape index (κ1) is 11.0. The Morgan fingerprint density at radius 2 is 1.50 bits per heavy atom. The van der Waals surface area contributed by atoms with Crippen LogP contribution < -0.4 is 0 Å². The van der Waals surface area contributed by atoms with Crippen LogP contribution in [0.5, 0.6) is 0 Å². The molecule has 1 aromatic carbocycles. The molecule has 14 heavy (non-hydrogen) atoms. The molecule has 0 nitrogen and oxygen atoms in total. The van der Waals surface area contributed by atoms with Crippen LogP contribution in [-0.4, -0.2) is 0 Å². The van der Waals surface area contributed by atoms with Crippen LogP contribution in [0.2, 0.25) is 0 Å². The maximum atomic E-state index is 3.91. The highest BCUT2D eigenvalue weighted by atomic mass is 14.1. The lowest BCUT2D eigenvalue weighted by Crippen LogP contribution is -1.90. The Labute approximate surface area is 87.7 Å². The fourth-order valence-corrected chi connectivity index (χ4v) is 1.59. The third-order valence-electron chi connectivity index (χ3n) is 2.50. The molecule has 1 aliphatic rings. The van der Waals surface area contributed by atoms with Crippen molar-refractivity contribution in [1.29, 1.82) is 0 Å².